The van der Waals surface area contributed by atoms with Crippen molar-refractivity contribution >= 4 is 0 Å². The maximum Gasteiger partial charge on any atom is 0.0291 e. The van der Waals surface area contributed by atoms with E-state index in [1.54, 1.807) is 11.1 Å². The Morgan fingerprint density at radius 3 is 2.76 bits per heavy atom. The van der Waals surface area contributed by atoms with Gasteiger partial charge in [0.05, 0.1) is 0 Å². The number of nitrogens with two attached hydrogens (primary N) is 1. The Hall–Kier alpha value is -0.860. The zero-order valence-electron chi connectivity index (χ0n) is 10.8. The molecule has 1 aliphatic carbocycles. The second-order valence-corrected chi connectivity index (χ2v) is 5.05. The lowest BCUT2D eigenvalue weighted by Gasteiger charge is -2.20. The lowest BCUT2D eigenvalue weighted by molar-refractivity contribution is 0.560. The third-order valence-corrected chi connectivity index (χ3v) is 3.70. The van der Waals surface area contributed by atoms with E-state index in [1.165, 1.54) is 31.2 Å². The van der Waals surface area contributed by atoms with Gasteiger partial charge in [-0.2, -0.15) is 0 Å². The van der Waals surface area contributed by atoms with Crippen LogP contribution in [0.15, 0.2) is 18.2 Å². The standard InChI is InChI=1S/C15H24N2/c1-12(17-10-4-9-16)14-8-7-13-5-2-3-6-15(13)11-14/h7-8,11-12,17H,2-6,9-10,16H2,1H3. The van der Waals surface area contributed by atoms with E-state index in [9.17, 15) is 0 Å². The van der Waals surface area contributed by atoms with E-state index < -0.39 is 0 Å². The third kappa shape index (κ3) is 3.30. The summed E-state index contributed by atoms with van der Waals surface area (Å²) < 4.78 is 0. The van der Waals surface area contributed by atoms with Crippen LogP contribution in [0.3, 0.4) is 0 Å². The number of rotatable bonds is 5. The highest BCUT2D eigenvalue weighted by molar-refractivity contribution is 5.35. The third-order valence-electron chi connectivity index (χ3n) is 3.70. The fourth-order valence-electron chi connectivity index (χ4n) is 2.56. The minimum Gasteiger partial charge on any atom is -0.330 e. The molecule has 0 saturated carbocycles. The first kappa shape index (κ1) is 12.6. The van der Waals surface area contributed by atoms with Crippen molar-refractivity contribution in [1.29, 1.82) is 0 Å². The Morgan fingerprint density at radius 2 is 2.00 bits per heavy atom. The Bertz CT molecular complexity index is 360. The van der Waals surface area contributed by atoms with Gasteiger partial charge in [0.2, 0.25) is 0 Å². The van der Waals surface area contributed by atoms with Crippen molar-refractivity contribution in [2.75, 3.05) is 13.1 Å². The molecule has 0 spiro atoms. The Balaban J connectivity index is 2.00. The normalized spacial score (nSPS) is 16.6. The van der Waals surface area contributed by atoms with Gasteiger partial charge in [-0.15, -0.1) is 0 Å². The molecule has 1 aromatic rings. The van der Waals surface area contributed by atoms with E-state index in [0.29, 0.717) is 6.04 Å². The number of benzene rings is 1. The van der Waals surface area contributed by atoms with Gasteiger partial charge >= 0.3 is 0 Å². The van der Waals surface area contributed by atoms with E-state index in [-0.39, 0.29) is 0 Å². The van der Waals surface area contributed by atoms with Gasteiger partial charge in [0.25, 0.3) is 0 Å². The van der Waals surface area contributed by atoms with E-state index in [0.717, 1.165) is 19.5 Å². The van der Waals surface area contributed by atoms with Gasteiger partial charge in [0.15, 0.2) is 0 Å². The largest absolute Gasteiger partial charge is 0.330 e. The highest BCUT2D eigenvalue weighted by atomic mass is 14.9. The van der Waals surface area contributed by atoms with E-state index in [1.807, 2.05) is 0 Å². The molecule has 0 aromatic heterocycles. The van der Waals surface area contributed by atoms with Crippen LogP contribution in [0.5, 0.6) is 0 Å². The van der Waals surface area contributed by atoms with Crippen LogP contribution in [0.25, 0.3) is 0 Å². The van der Waals surface area contributed by atoms with Crippen LogP contribution in [-0.4, -0.2) is 13.1 Å². The second kappa shape index (κ2) is 6.18. The summed E-state index contributed by atoms with van der Waals surface area (Å²) in [5.41, 5.74) is 10.1. The molecule has 1 unspecified atom stereocenters. The molecule has 1 atom stereocenters. The van der Waals surface area contributed by atoms with Crippen LogP contribution in [-0.2, 0) is 12.8 Å². The fraction of sp³-hybridized carbons (Fsp3) is 0.600. The summed E-state index contributed by atoms with van der Waals surface area (Å²) in [7, 11) is 0. The summed E-state index contributed by atoms with van der Waals surface area (Å²) in [6, 6.07) is 7.44. The molecule has 0 radical (unpaired) electrons. The SMILES string of the molecule is CC(NCCCN)c1ccc2c(c1)CCCC2. The Morgan fingerprint density at radius 1 is 1.24 bits per heavy atom. The maximum absolute atomic E-state index is 5.50. The highest BCUT2D eigenvalue weighted by Crippen LogP contribution is 2.24. The first-order valence-corrected chi connectivity index (χ1v) is 6.86. The minimum absolute atomic E-state index is 0.439. The average Bonchev–Trinajstić information content (AvgIpc) is 2.38. The molecule has 0 bridgehead atoms. The van der Waals surface area contributed by atoms with Gasteiger partial charge in [-0.3, -0.25) is 0 Å². The van der Waals surface area contributed by atoms with Gasteiger partial charge < -0.3 is 11.1 Å². The number of hydrogen-bond donors (Lipinski definition) is 2. The molecule has 0 fully saturated rings. The molecular formula is C15H24N2. The summed E-state index contributed by atoms with van der Waals surface area (Å²) >= 11 is 0. The van der Waals surface area contributed by atoms with Crippen molar-refractivity contribution < 1.29 is 0 Å². The quantitative estimate of drug-likeness (QED) is 0.766. The van der Waals surface area contributed by atoms with Crippen molar-refractivity contribution in [2.45, 2.75) is 45.1 Å². The van der Waals surface area contributed by atoms with Crippen LogP contribution in [0.2, 0.25) is 0 Å². The van der Waals surface area contributed by atoms with Crippen molar-refractivity contribution in [3.63, 3.8) is 0 Å². The summed E-state index contributed by atoms with van der Waals surface area (Å²) in [4.78, 5) is 0. The molecule has 1 aliphatic rings. The smallest absolute Gasteiger partial charge is 0.0291 e. The molecular weight excluding hydrogens is 208 g/mol. The van der Waals surface area contributed by atoms with E-state index in [4.69, 9.17) is 5.73 Å². The van der Waals surface area contributed by atoms with Crippen molar-refractivity contribution in [1.82, 2.24) is 5.32 Å². The predicted molar refractivity (Wildman–Crippen MR) is 73.2 cm³/mol. The Kier molecular flexibility index (Phi) is 4.57. The fourth-order valence-corrected chi connectivity index (χ4v) is 2.56. The van der Waals surface area contributed by atoms with E-state index >= 15 is 0 Å². The summed E-state index contributed by atoms with van der Waals surface area (Å²) in [5, 5.41) is 3.53. The van der Waals surface area contributed by atoms with Gasteiger partial charge in [-0.05, 0) is 68.8 Å². The summed E-state index contributed by atoms with van der Waals surface area (Å²) in [6.07, 6.45) is 6.29. The van der Waals surface area contributed by atoms with Crippen molar-refractivity contribution in [3.05, 3.63) is 34.9 Å². The predicted octanol–water partition coefficient (Wildman–Crippen LogP) is 2.56. The highest BCUT2D eigenvalue weighted by Gasteiger charge is 2.11. The maximum atomic E-state index is 5.50. The van der Waals surface area contributed by atoms with Crippen LogP contribution >= 0.6 is 0 Å². The van der Waals surface area contributed by atoms with Gasteiger partial charge in [0, 0.05) is 6.04 Å². The van der Waals surface area contributed by atoms with Crippen LogP contribution < -0.4 is 11.1 Å². The number of nitrogens with one attached hydrogen (secondary N) is 1. The molecule has 0 amide bonds. The summed E-state index contributed by atoms with van der Waals surface area (Å²) in [5.74, 6) is 0. The van der Waals surface area contributed by atoms with Crippen molar-refractivity contribution in [2.24, 2.45) is 5.73 Å². The molecule has 3 N–H and O–H groups in total. The summed E-state index contributed by atoms with van der Waals surface area (Å²) in [6.45, 7) is 4.01. The topological polar surface area (TPSA) is 38.0 Å². The molecule has 0 aliphatic heterocycles. The van der Waals surface area contributed by atoms with Crippen molar-refractivity contribution in [3.8, 4) is 0 Å². The minimum atomic E-state index is 0.439. The molecule has 2 nitrogen and oxygen atoms in total. The first-order chi connectivity index (χ1) is 8.31. The molecule has 2 heteroatoms. The second-order valence-electron chi connectivity index (χ2n) is 5.05. The van der Waals surface area contributed by atoms with E-state index in [2.05, 4.69) is 30.4 Å². The van der Waals surface area contributed by atoms with Crippen LogP contribution in [0.4, 0.5) is 0 Å². The number of fused-ring (bicyclic) bond motifs is 1. The molecule has 0 saturated heterocycles. The molecule has 1 aromatic carbocycles. The number of hydrogen-bond acceptors (Lipinski definition) is 2. The zero-order valence-corrected chi connectivity index (χ0v) is 10.8. The lowest BCUT2D eigenvalue weighted by Crippen LogP contribution is -2.22. The van der Waals surface area contributed by atoms with Crippen LogP contribution in [0, 0.1) is 0 Å². The van der Waals surface area contributed by atoms with Gasteiger partial charge in [-0.25, -0.2) is 0 Å². The monoisotopic (exact) mass is 232 g/mol. The molecule has 94 valence electrons. The van der Waals surface area contributed by atoms with Gasteiger partial charge in [0.1, 0.15) is 0 Å². The lowest BCUT2D eigenvalue weighted by atomic mass is 9.89. The molecule has 2 rings (SSSR count). The van der Waals surface area contributed by atoms with Gasteiger partial charge in [-0.1, -0.05) is 18.2 Å². The zero-order chi connectivity index (χ0) is 12.1. The first-order valence-electron chi connectivity index (χ1n) is 6.86. The molecule has 17 heavy (non-hydrogen) atoms. The Labute approximate surface area is 105 Å². The average molecular weight is 232 g/mol. The number of aryl methyl sites for hydroxylation is 2. The molecule has 0 heterocycles. The van der Waals surface area contributed by atoms with Crippen LogP contribution in [0.1, 0.15) is 48.9 Å².